The van der Waals surface area contributed by atoms with Crippen LogP contribution in [0.15, 0.2) is 24.2 Å². The summed E-state index contributed by atoms with van der Waals surface area (Å²) in [5, 5.41) is 19.9. The minimum absolute atomic E-state index is 0.0141. The molecule has 10 heteroatoms. The molecular weight excluding hydrogens is 420 g/mol. The van der Waals surface area contributed by atoms with Crippen molar-refractivity contribution in [3.63, 3.8) is 0 Å². The Balaban J connectivity index is 1.45. The predicted molar refractivity (Wildman–Crippen MR) is 111 cm³/mol. The second-order valence-corrected chi connectivity index (χ2v) is 9.54. The zero-order valence-corrected chi connectivity index (χ0v) is 18.1. The molecule has 2 aromatic heterocycles. The summed E-state index contributed by atoms with van der Waals surface area (Å²) < 4.78 is 1.68. The smallest absolute Gasteiger partial charge is 0.352 e. The monoisotopic (exact) mass is 442 g/mol. The number of hydrogen-bond acceptors (Lipinski definition) is 6. The van der Waals surface area contributed by atoms with E-state index in [1.165, 1.54) is 16.2 Å². The molecule has 1 fully saturated rings. The molecule has 0 aliphatic carbocycles. The van der Waals surface area contributed by atoms with E-state index >= 15 is 0 Å². The Morgan fingerprint density at radius 2 is 2.06 bits per heavy atom. The first-order chi connectivity index (χ1) is 14.7. The molecule has 0 unspecified atom stereocenters. The maximum atomic E-state index is 12.8. The average molecular weight is 442 g/mol. The maximum absolute atomic E-state index is 12.8. The van der Waals surface area contributed by atoms with Gasteiger partial charge in [-0.15, -0.1) is 11.3 Å². The fourth-order valence-electron chi connectivity index (χ4n) is 5.05. The van der Waals surface area contributed by atoms with Gasteiger partial charge in [0.05, 0.1) is 24.6 Å². The highest BCUT2D eigenvalue weighted by Crippen LogP contribution is 2.52. The highest BCUT2D eigenvalue weighted by molar-refractivity contribution is 7.13. The maximum Gasteiger partial charge on any atom is 0.352 e. The number of imidazole rings is 1. The lowest BCUT2D eigenvalue weighted by molar-refractivity contribution is -0.163. The molecule has 0 radical (unpaired) electrons. The summed E-state index contributed by atoms with van der Waals surface area (Å²) >= 11 is 1.47. The molecule has 9 nitrogen and oxygen atoms in total. The van der Waals surface area contributed by atoms with Gasteiger partial charge >= 0.3 is 5.97 Å². The summed E-state index contributed by atoms with van der Waals surface area (Å²) in [5.41, 5.74) is 1.63. The lowest BCUT2D eigenvalue weighted by atomic mass is 9.77. The summed E-state index contributed by atoms with van der Waals surface area (Å²) in [6.07, 6.45) is 2.48. The highest BCUT2D eigenvalue weighted by Gasteiger charge is 2.60. The van der Waals surface area contributed by atoms with Gasteiger partial charge in [0.25, 0.3) is 5.91 Å². The molecule has 5 heterocycles. The lowest BCUT2D eigenvalue weighted by Crippen LogP contribution is -2.63. The minimum atomic E-state index is -1.14. The number of nitrogens with zero attached hydrogens (tertiary/aromatic N) is 4. The van der Waals surface area contributed by atoms with Crippen LogP contribution in [-0.2, 0) is 29.7 Å². The molecule has 0 spiro atoms. The zero-order valence-electron chi connectivity index (χ0n) is 17.3. The Kier molecular flexibility index (Phi) is 4.35. The van der Waals surface area contributed by atoms with Crippen LogP contribution in [0, 0.1) is 11.8 Å². The van der Waals surface area contributed by atoms with Gasteiger partial charge in [-0.2, -0.15) is 0 Å². The van der Waals surface area contributed by atoms with Crippen LogP contribution in [0.3, 0.4) is 0 Å². The van der Waals surface area contributed by atoms with Gasteiger partial charge in [-0.25, -0.2) is 9.78 Å². The van der Waals surface area contributed by atoms with Crippen LogP contribution in [0.2, 0.25) is 0 Å². The van der Waals surface area contributed by atoms with Crippen LogP contribution in [0.4, 0.5) is 0 Å². The summed E-state index contributed by atoms with van der Waals surface area (Å²) in [4.78, 5) is 46.3. The van der Waals surface area contributed by atoms with E-state index in [9.17, 15) is 24.6 Å². The van der Waals surface area contributed by atoms with Crippen molar-refractivity contribution in [2.45, 2.75) is 39.1 Å². The van der Waals surface area contributed by atoms with Gasteiger partial charge in [-0.3, -0.25) is 9.59 Å². The zero-order chi connectivity index (χ0) is 22.2. The number of β-lactam (4-membered cyclic amide) rings is 1. The van der Waals surface area contributed by atoms with Crippen molar-refractivity contribution < 1.29 is 24.6 Å². The first-order valence-corrected chi connectivity index (χ1v) is 10.9. The number of thiophene rings is 1. The normalized spacial score (nSPS) is 25.5. The average Bonchev–Trinajstić information content (AvgIpc) is 3.41. The summed E-state index contributed by atoms with van der Waals surface area (Å²) in [7, 11) is 1.77. The molecule has 4 atom stereocenters. The number of aromatic nitrogens is 2. The Hall–Kier alpha value is -2.98. The molecule has 31 heavy (non-hydrogen) atoms. The predicted octanol–water partition coefficient (Wildman–Crippen LogP) is 1.29. The van der Waals surface area contributed by atoms with E-state index < -0.39 is 18.0 Å². The van der Waals surface area contributed by atoms with E-state index in [1.807, 2.05) is 13.0 Å². The molecule has 1 saturated heterocycles. The number of aliphatic carboxylic acids is 1. The quantitative estimate of drug-likeness (QED) is 0.690. The Labute approximate surface area is 182 Å². The van der Waals surface area contributed by atoms with E-state index in [4.69, 9.17) is 0 Å². The molecule has 5 rings (SSSR count). The molecule has 3 aliphatic rings. The van der Waals surface area contributed by atoms with Crippen LogP contribution < -0.4 is 0 Å². The van der Waals surface area contributed by atoms with Gasteiger partial charge in [0.1, 0.15) is 5.70 Å². The minimum Gasteiger partial charge on any atom is -0.477 e. The molecular formula is C21H22N4O5S. The lowest BCUT2D eigenvalue weighted by Gasteiger charge is -2.46. The molecule has 2 N–H and O–H groups in total. The van der Waals surface area contributed by atoms with Crippen molar-refractivity contribution in [1.82, 2.24) is 19.4 Å². The van der Waals surface area contributed by atoms with E-state index in [0.717, 1.165) is 15.3 Å². The number of carbonyl (C=O) groups is 3. The third-order valence-corrected chi connectivity index (χ3v) is 7.73. The molecule has 0 bridgehead atoms. The first-order valence-electron chi connectivity index (χ1n) is 10.1. The van der Waals surface area contributed by atoms with Gasteiger partial charge in [0.15, 0.2) is 5.82 Å². The Morgan fingerprint density at radius 3 is 2.65 bits per heavy atom. The van der Waals surface area contributed by atoms with Gasteiger partial charge in [0.2, 0.25) is 5.91 Å². The van der Waals surface area contributed by atoms with Crippen LogP contribution in [-0.4, -0.2) is 59.5 Å². The number of hydrogen-bond donors (Lipinski definition) is 2. The van der Waals surface area contributed by atoms with Gasteiger partial charge in [-0.1, -0.05) is 6.92 Å². The summed E-state index contributed by atoms with van der Waals surface area (Å²) in [6.45, 7) is 4.35. The number of amides is 2. The number of carboxylic acids is 1. The van der Waals surface area contributed by atoms with Gasteiger partial charge in [0, 0.05) is 47.2 Å². The van der Waals surface area contributed by atoms with Crippen molar-refractivity contribution in [2.24, 2.45) is 18.9 Å². The standard InChI is InChI=1S/C21H22N4O5S/c1-9-14(17(21(29)30)25-16(9)15(10(2)26)19(25)27)12-6-11-7-24(8-13(11)31-12)20(28)18-22-4-5-23(18)3/h4-6,9-10,15-16,26H,7-8H2,1-3H3,(H,29,30)/t9-,10+,15+,16+/m0/s1. The fraction of sp³-hybridized carbons (Fsp3) is 0.429. The van der Waals surface area contributed by atoms with Crippen LogP contribution >= 0.6 is 11.3 Å². The summed E-state index contributed by atoms with van der Waals surface area (Å²) in [6, 6.07) is 1.60. The second kappa shape index (κ2) is 6.76. The third kappa shape index (κ3) is 2.71. The Bertz CT molecular complexity index is 1140. The number of rotatable bonds is 4. The number of aliphatic hydroxyl groups excluding tert-OH is 1. The largest absolute Gasteiger partial charge is 0.477 e. The van der Waals surface area contributed by atoms with Crippen molar-refractivity contribution in [3.05, 3.63) is 45.3 Å². The third-order valence-electron chi connectivity index (χ3n) is 6.53. The van der Waals surface area contributed by atoms with Gasteiger partial charge in [-0.05, 0) is 18.6 Å². The molecule has 2 amide bonds. The van der Waals surface area contributed by atoms with E-state index in [2.05, 4.69) is 4.98 Å². The van der Waals surface area contributed by atoms with E-state index in [0.29, 0.717) is 24.5 Å². The van der Waals surface area contributed by atoms with Crippen molar-refractivity contribution >= 4 is 34.7 Å². The van der Waals surface area contributed by atoms with Crippen LogP contribution in [0.1, 0.15) is 39.8 Å². The fourth-order valence-corrected chi connectivity index (χ4v) is 6.39. The van der Waals surface area contributed by atoms with Crippen molar-refractivity contribution in [3.8, 4) is 0 Å². The number of carbonyl (C=O) groups excluding carboxylic acids is 2. The second-order valence-electron chi connectivity index (χ2n) is 8.40. The molecule has 2 aromatic rings. The van der Waals surface area contributed by atoms with Crippen LogP contribution in [0.25, 0.3) is 5.57 Å². The van der Waals surface area contributed by atoms with E-state index in [-0.39, 0.29) is 29.5 Å². The number of carboxylic acid groups (broad SMARTS) is 1. The van der Waals surface area contributed by atoms with Crippen molar-refractivity contribution in [1.29, 1.82) is 0 Å². The topological polar surface area (TPSA) is 116 Å². The van der Waals surface area contributed by atoms with Crippen molar-refractivity contribution in [2.75, 3.05) is 0 Å². The van der Waals surface area contributed by atoms with E-state index in [1.54, 1.807) is 35.8 Å². The molecule has 162 valence electrons. The Morgan fingerprint density at radius 1 is 1.32 bits per heavy atom. The SMILES string of the molecule is C[C@@H](O)[C@H]1C(=O)N2C(C(=O)O)=C(c3cc4c(s3)CN(C(=O)c3nccn3C)C4)[C@H](C)[C@H]12. The molecule has 3 aliphatic heterocycles. The number of aryl methyl sites for hydroxylation is 1. The highest BCUT2D eigenvalue weighted by atomic mass is 32.1. The first kappa shape index (κ1) is 20.0. The number of aliphatic hydroxyl groups is 1. The molecule has 0 saturated carbocycles. The molecule has 0 aromatic carbocycles. The van der Waals surface area contributed by atoms with Gasteiger partial charge < -0.3 is 24.6 Å². The number of fused-ring (bicyclic) bond motifs is 2. The van der Waals surface area contributed by atoms with Crippen LogP contribution in [0.5, 0.6) is 0 Å². The summed E-state index contributed by atoms with van der Waals surface area (Å²) in [5.74, 6) is -2.03.